The van der Waals surface area contributed by atoms with Gasteiger partial charge in [-0.05, 0) is 49.8 Å². The number of carbonyl (C=O) groups excluding carboxylic acids is 2. The molecular weight excluding hydrogens is 513 g/mol. The first-order valence-electron chi connectivity index (χ1n) is 13.5. The van der Waals surface area contributed by atoms with Crippen LogP contribution in [0, 0.1) is 5.82 Å². The number of benzene rings is 2. The van der Waals surface area contributed by atoms with Gasteiger partial charge in [0.05, 0.1) is 7.11 Å². The Balaban J connectivity index is 1.66. The fourth-order valence-corrected chi connectivity index (χ4v) is 6.11. The van der Waals surface area contributed by atoms with Crippen LogP contribution in [0.4, 0.5) is 4.39 Å². The minimum absolute atomic E-state index is 0.0122. The number of rotatable bonds is 9. The lowest BCUT2D eigenvalue weighted by molar-refractivity contribution is -0.138. The van der Waals surface area contributed by atoms with Crippen LogP contribution >= 0.6 is 0 Å². The monoisotopic (exact) mass is 545 g/mol. The highest BCUT2D eigenvalue weighted by molar-refractivity contribution is 6.06. The van der Waals surface area contributed by atoms with E-state index in [1.54, 1.807) is 35.2 Å². The van der Waals surface area contributed by atoms with Gasteiger partial charge in [-0.15, -0.1) is 6.58 Å². The number of carboxylic acid groups (broad SMARTS) is 1. The first-order valence-corrected chi connectivity index (χ1v) is 13.5. The molecule has 40 heavy (non-hydrogen) atoms. The number of nitrogens with zero attached hydrogens (tertiary/aromatic N) is 1. The second-order valence-electron chi connectivity index (χ2n) is 10.3. The summed E-state index contributed by atoms with van der Waals surface area (Å²) in [5.41, 5.74) is 4.20. The van der Waals surface area contributed by atoms with Gasteiger partial charge in [0.1, 0.15) is 19.0 Å². The summed E-state index contributed by atoms with van der Waals surface area (Å²) < 4.78 is 26.1. The van der Waals surface area contributed by atoms with Crippen LogP contribution in [0.15, 0.2) is 71.6 Å². The van der Waals surface area contributed by atoms with Crippen molar-refractivity contribution in [2.75, 3.05) is 13.7 Å². The topological polar surface area (TPSA) is 93.1 Å². The van der Waals surface area contributed by atoms with Gasteiger partial charge in [-0.3, -0.25) is 14.4 Å². The third-order valence-electron chi connectivity index (χ3n) is 7.78. The molecule has 0 fully saturated rings. The number of hydrogen-bond donors (Lipinski definition) is 1. The van der Waals surface area contributed by atoms with Crippen molar-refractivity contribution in [1.29, 1.82) is 0 Å². The van der Waals surface area contributed by atoms with Gasteiger partial charge in [-0.2, -0.15) is 0 Å². The van der Waals surface area contributed by atoms with E-state index in [4.69, 9.17) is 9.47 Å². The molecule has 0 amide bonds. The molecule has 2 aromatic carbocycles. The lowest BCUT2D eigenvalue weighted by Gasteiger charge is -2.43. The Bertz CT molecular complexity index is 1410. The summed E-state index contributed by atoms with van der Waals surface area (Å²) in [7, 11) is 1.51. The Morgan fingerprint density at radius 1 is 1.05 bits per heavy atom. The molecular formula is C32H32FNO6. The van der Waals surface area contributed by atoms with Crippen molar-refractivity contribution in [1.82, 2.24) is 4.90 Å². The summed E-state index contributed by atoms with van der Waals surface area (Å²) >= 11 is 0. The molecule has 0 saturated heterocycles. The minimum Gasteiger partial charge on any atom is -0.493 e. The summed E-state index contributed by atoms with van der Waals surface area (Å²) in [6.45, 7) is 3.57. The molecule has 3 aliphatic rings. The molecule has 208 valence electrons. The lowest BCUT2D eigenvalue weighted by atomic mass is 9.70. The minimum atomic E-state index is -1.01. The second-order valence-corrected chi connectivity index (χ2v) is 10.3. The molecule has 7 nitrogen and oxygen atoms in total. The third kappa shape index (κ3) is 5.06. The van der Waals surface area contributed by atoms with E-state index < -0.39 is 11.9 Å². The van der Waals surface area contributed by atoms with Gasteiger partial charge in [-0.25, -0.2) is 4.39 Å². The molecule has 0 spiro atoms. The number of aliphatic carboxylic acids is 1. The lowest BCUT2D eigenvalue weighted by Crippen LogP contribution is -2.41. The predicted molar refractivity (Wildman–Crippen MR) is 146 cm³/mol. The number of carboxylic acids is 1. The smallest absolute Gasteiger partial charge is 0.323 e. The SMILES string of the molecule is C=CCc1cc(C2C3=C(CCCC3=O)N(CC(=O)O)C3=C2C(=O)CCC3)cc(OC)c1OCc1ccccc1F. The van der Waals surface area contributed by atoms with Crippen molar-refractivity contribution in [3.8, 4) is 11.5 Å². The fourth-order valence-electron chi connectivity index (χ4n) is 6.11. The summed E-state index contributed by atoms with van der Waals surface area (Å²) in [4.78, 5) is 40.5. The van der Waals surface area contributed by atoms with E-state index in [-0.39, 0.29) is 30.5 Å². The Hall–Kier alpha value is -4.20. The Labute approximate surface area is 232 Å². The summed E-state index contributed by atoms with van der Waals surface area (Å²) in [6, 6.07) is 10.1. The van der Waals surface area contributed by atoms with E-state index in [9.17, 15) is 23.9 Å². The normalized spacial score (nSPS) is 17.5. The van der Waals surface area contributed by atoms with Crippen LogP contribution in [0.3, 0.4) is 0 Å². The summed E-state index contributed by atoms with van der Waals surface area (Å²) in [5.74, 6) is -1.33. The van der Waals surface area contributed by atoms with E-state index >= 15 is 0 Å². The highest BCUT2D eigenvalue weighted by atomic mass is 19.1. The van der Waals surface area contributed by atoms with Gasteiger partial charge in [0.15, 0.2) is 23.1 Å². The highest BCUT2D eigenvalue weighted by Gasteiger charge is 2.44. The van der Waals surface area contributed by atoms with Crippen LogP contribution in [-0.4, -0.2) is 41.2 Å². The molecule has 0 atom stereocenters. The zero-order valence-electron chi connectivity index (χ0n) is 22.5. The van der Waals surface area contributed by atoms with Gasteiger partial charge >= 0.3 is 5.97 Å². The van der Waals surface area contributed by atoms with Gasteiger partial charge < -0.3 is 19.5 Å². The number of methoxy groups -OCH3 is 1. The summed E-state index contributed by atoms with van der Waals surface area (Å²) in [6.07, 6.45) is 5.20. The molecule has 2 aromatic rings. The van der Waals surface area contributed by atoms with E-state index in [1.807, 2.05) is 6.07 Å². The maximum Gasteiger partial charge on any atom is 0.323 e. The van der Waals surface area contributed by atoms with Crippen LogP contribution in [-0.2, 0) is 27.4 Å². The van der Waals surface area contributed by atoms with Crippen molar-refractivity contribution < 1.29 is 33.4 Å². The van der Waals surface area contributed by atoms with Crippen molar-refractivity contribution in [2.45, 2.75) is 57.5 Å². The number of carbonyl (C=O) groups is 3. The molecule has 2 aliphatic carbocycles. The Morgan fingerprint density at radius 3 is 2.27 bits per heavy atom. The maximum atomic E-state index is 14.3. The van der Waals surface area contributed by atoms with Crippen LogP contribution in [0.1, 0.15) is 61.1 Å². The second kappa shape index (κ2) is 11.5. The van der Waals surface area contributed by atoms with Crippen LogP contribution in [0.5, 0.6) is 11.5 Å². The average Bonchev–Trinajstić information content (AvgIpc) is 2.93. The van der Waals surface area contributed by atoms with Crippen molar-refractivity contribution in [2.24, 2.45) is 0 Å². The van der Waals surface area contributed by atoms with Gasteiger partial charge in [-0.1, -0.05) is 30.3 Å². The number of Topliss-reactive ketones (excluding diaryl/α,β-unsaturated/α-hetero) is 2. The molecule has 1 N–H and O–H groups in total. The van der Waals surface area contributed by atoms with Crippen molar-refractivity contribution in [3.05, 3.63) is 94.1 Å². The molecule has 0 saturated carbocycles. The Kier molecular flexibility index (Phi) is 7.87. The number of hydrogen-bond acceptors (Lipinski definition) is 6. The van der Waals surface area contributed by atoms with E-state index in [2.05, 4.69) is 6.58 Å². The highest BCUT2D eigenvalue weighted by Crippen LogP contribution is 2.50. The van der Waals surface area contributed by atoms with Gasteiger partial charge in [0.2, 0.25) is 0 Å². The first kappa shape index (κ1) is 27.4. The quantitative estimate of drug-likeness (QED) is 0.408. The predicted octanol–water partition coefficient (Wildman–Crippen LogP) is 5.64. The first-order chi connectivity index (χ1) is 19.3. The molecule has 0 bridgehead atoms. The number of ketones is 2. The molecule has 0 unspecified atom stereocenters. The van der Waals surface area contributed by atoms with Crippen LogP contribution < -0.4 is 9.47 Å². The standard InChI is InChI=1S/C32H32FNO6/c1-3-8-19-15-21(16-27(39-2)32(19)40-18-20-9-4-5-10-22(20)33)29-30-23(11-6-13-25(30)35)34(17-28(37)38)24-12-7-14-26(36)31(24)29/h3-5,9-10,15-16,29H,1,6-8,11-14,17-18H2,2H3,(H,37,38). The molecule has 1 heterocycles. The zero-order chi connectivity index (χ0) is 28.4. The van der Waals surface area contributed by atoms with Gasteiger partial charge in [0.25, 0.3) is 0 Å². The van der Waals surface area contributed by atoms with Gasteiger partial charge in [0, 0.05) is 52.4 Å². The zero-order valence-corrected chi connectivity index (χ0v) is 22.5. The van der Waals surface area contributed by atoms with E-state index in [1.165, 1.54) is 13.2 Å². The van der Waals surface area contributed by atoms with Crippen molar-refractivity contribution in [3.63, 3.8) is 0 Å². The molecule has 0 radical (unpaired) electrons. The number of allylic oxidation sites excluding steroid dienone is 5. The maximum absolute atomic E-state index is 14.3. The largest absolute Gasteiger partial charge is 0.493 e. The Morgan fingerprint density at radius 2 is 1.70 bits per heavy atom. The average molecular weight is 546 g/mol. The number of ether oxygens (including phenoxy) is 2. The fraction of sp³-hybridized carbons (Fsp3) is 0.344. The molecule has 0 aromatic heterocycles. The van der Waals surface area contributed by atoms with E-state index in [0.29, 0.717) is 90.1 Å². The molecule has 5 rings (SSSR count). The number of halogens is 1. The summed E-state index contributed by atoms with van der Waals surface area (Å²) in [5, 5.41) is 9.69. The van der Waals surface area contributed by atoms with Crippen LogP contribution in [0.25, 0.3) is 0 Å². The molecule has 1 aliphatic heterocycles. The van der Waals surface area contributed by atoms with E-state index in [0.717, 1.165) is 5.56 Å². The van der Waals surface area contributed by atoms with Crippen LogP contribution in [0.2, 0.25) is 0 Å². The molecule has 8 heteroatoms. The third-order valence-corrected chi connectivity index (χ3v) is 7.78. The van der Waals surface area contributed by atoms with Crippen molar-refractivity contribution >= 4 is 17.5 Å².